The summed E-state index contributed by atoms with van der Waals surface area (Å²) < 4.78 is 16.8. The van der Waals surface area contributed by atoms with Crippen molar-refractivity contribution < 1.29 is 18.8 Å². The summed E-state index contributed by atoms with van der Waals surface area (Å²) in [6.07, 6.45) is 0.690. The molecule has 28 heavy (non-hydrogen) atoms. The highest BCUT2D eigenvalue weighted by molar-refractivity contribution is 5.77. The van der Waals surface area contributed by atoms with E-state index in [1.807, 2.05) is 36.4 Å². The molecular weight excluding hydrogens is 356 g/mol. The molecule has 0 unspecified atom stereocenters. The monoisotopic (exact) mass is 376 g/mol. The molecule has 1 aliphatic heterocycles. The molecule has 0 bridgehead atoms. The van der Waals surface area contributed by atoms with Crippen LogP contribution in [0.2, 0.25) is 0 Å². The third-order valence-corrected chi connectivity index (χ3v) is 5.08. The Labute approximate surface area is 161 Å². The molecule has 0 radical (unpaired) electrons. The molecule has 0 spiro atoms. The summed E-state index contributed by atoms with van der Waals surface area (Å²) in [5.74, 6) is 1.73. The molecule has 2 aromatic carbocycles. The average Bonchev–Trinajstić information content (AvgIpc) is 3.30. The summed E-state index contributed by atoms with van der Waals surface area (Å²) in [6, 6.07) is 18.9. The van der Waals surface area contributed by atoms with Gasteiger partial charge < -0.3 is 18.8 Å². The second kappa shape index (κ2) is 6.82. The number of nitrogens with one attached hydrogen (secondary N) is 1. The van der Waals surface area contributed by atoms with Gasteiger partial charge in [-0.05, 0) is 24.3 Å². The number of hydrogen-bond donors (Lipinski definition) is 2. The SMILES string of the molecule is Oc1cccc(-c2cc(CC3(NCc4cc5ccccc5o4)COC3)no2)c1. The average molecular weight is 376 g/mol. The predicted octanol–water partition coefficient (Wildman–Crippen LogP) is 3.89. The van der Waals surface area contributed by atoms with Crippen LogP contribution in [-0.4, -0.2) is 29.0 Å². The molecule has 0 aliphatic carbocycles. The molecule has 0 amide bonds. The van der Waals surface area contributed by atoms with E-state index in [4.69, 9.17) is 13.7 Å². The van der Waals surface area contributed by atoms with Crippen LogP contribution in [0.1, 0.15) is 11.5 Å². The van der Waals surface area contributed by atoms with Gasteiger partial charge in [-0.1, -0.05) is 35.5 Å². The van der Waals surface area contributed by atoms with Gasteiger partial charge in [0.05, 0.1) is 31.0 Å². The molecule has 1 saturated heterocycles. The van der Waals surface area contributed by atoms with E-state index in [9.17, 15) is 5.11 Å². The lowest BCUT2D eigenvalue weighted by atomic mass is 9.91. The van der Waals surface area contributed by atoms with Crippen LogP contribution in [0.5, 0.6) is 5.75 Å². The Hall–Kier alpha value is -3.09. The van der Waals surface area contributed by atoms with E-state index in [0.29, 0.717) is 31.9 Å². The number of aromatic nitrogens is 1. The number of aromatic hydroxyl groups is 1. The normalized spacial score (nSPS) is 15.6. The van der Waals surface area contributed by atoms with E-state index in [-0.39, 0.29) is 11.3 Å². The largest absolute Gasteiger partial charge is 0.508 e. The van der Waals surface area contributed by atoms with Crippen molar-refractivity contribution in [1.82, 2.24) is 10.5 Å². The van der Waals surface area contributed by atoms with Gasteiger partial charge in [0.1, 0.15) is 17.1 Å². The van der Waals surface area contributed by atoms with E-state index in [0.717, 1.165) is 28.0 Å². The molecule has 6 nitrogen and oxygen atoms in total. The van der Waals surface area contributed by atoms with Crippen LogP contribution in [-0.2, 0) is 17.7 Å². The van der Waals surface area contributed by atoms with Gasteiger partial charge in [0, 0.05) is 23.4 Å². The van der Waals surface area contributed by atoms with E-state index >= 15 is 0 Å². The Morgan fingerprint density at radius 1 is 1.04 bits per heavy atom. The Bertz CT molecular complexity index is 1080. The molecule has 1 fully saturated rings. The molecule has 3 heterocycles. The van der Waals surface area contributed by atoms with Crippen LogP contribution >= 0.6 is 0 Å². The molecule has 0 saturated carbocycles. The van der Waals surface area contributed by atoms with Gasteiger partial charge in [-0.3, -0.25) is 5.32 Å². The highest BCUT2D eigenvalue weighted by Gasteiger charge is 2.39. The van der Waals surface area contributed by atoms with Crippen molar-refractivity contribution in [2.24, 2.45) is 0 Å². The molecule has 4 aromatic rings. The quantitative estimate of drug-likeness (QED) is 0.531. The van der Waals surface area contributed by atoms with Crippen LogP contribution in [0.3, 0.4) is 0 Å². The maximum absolute atomic E-state index is 9.65. The second-order valence-electron chi connectivity index (χ2n) is 7.29. The lowest BCUT2D eigenvalue weighted by Crippen LogP contribution is -2.61. The molecule has 142 valence electrons. The summed E-state index contributed by atoms with van der Waals surface area (Å²) in [6.45, 7) is 1.85. The Balaban J connectivity index is 1.29. The van der Waals surface area contributed by atoms with Gasteiger partial charge in [0.2, 0.25) is 0 Å². The first-order chi connectivity index (χ1) is 13.7. The number of para-hydroxylation sites is 1. The van der Waals surface area contributed by atoms with Crippen molar-refractivity contribution >= 4 is 11.0 Å². The lowest BCUT2D eigenvalue weighted by Gasteiger charge is -2.41. The second-order valence-corrected chi connectivity index (χ2v) is 7.29. The van der Waals surface area contributed by atoms with Gasteiger partial charge in [-0.15, -0.1) is 0 Å². The molecular formula is C22H20N2O4. The zero-order valence-corrected chi connectivity index (χ0v) is 15.2. The Kier molecular flexibility index (Phi) is 4.15. The van der Waals surface area contributed by atoms with Gasteiger partial charge in [-0.2, -0.15) is 0 Å². The summed E-state index contributed by atoms with van der Waals surface area (Å²) in [5.41, 5.74) is 2.35. The van der Waals surface area contributed by atoms with Gasteiger partial charge >= 0.3 is 0 Å². The first-order valence-corrected chi connectivity index (χ1v) is 9.24. The third-order valence-electron chi connectivity index (χ3n) is 5.08. The zero-order chi connectivity index (χ0) is 19.0. The topological polar surface area (TPSA) is 80.7 Å². The molecule has 5 rings (SSSR count). The molecule has 1 aliphatic rings. The Morgan fingerprint density at radius 2 is 1.93 bits per heavy atom. The van der Waals surface area contributed by atoms with Gasteiger partial charge in [0.15, 0.2) is 5.76 Å². The van der Waals surface area contributed by atoms with E-state index in [1.165, 1.54) is 0 Å². The minimum Gasteiger partial charge on any atom is -0.508 e. The van der Waals surface area contributed by atoms with Crippen molar-refractivity contribution in [3.8, 4) is 17.1 Å². The van der Waals surface area contributed by atoms with Crippen molar-refractivity contribution in [3.05, 3.63) is 72.1 Å². The Morgan fingerprint density at radius 3 is 2.71 bits per heavy atom. The fourth-order valence-corrected chi connectivity index (χ4v) is 3.55. The third kappa shape index (κ3) is 3.28. The summed E-state index contributed by atoms with van der Waals surface area (Å²) in [7, 11) is 0. The zero-order valence-electron chi connectivity index (χ0n) is 15.2. The number of ether oxygens (including phenoxy) is 1. The van der Waals surface area contributed by atoms with Crippen LogP contribution in [0.4, 0.5) is 0 Å². The first-order valence-electron chi connectivity index (χ1n) is 9.24. The molecule has 0 atom stereocenters. The number of benzene rings is 2. The first kappa shape index (κ1) is 17.0. The number of phenolic OH excluding ortho intramolecular Hbond substituents is 1. The van der Waals surface area contributed by atoms with Crippen molar-refractivity contribution in [3.63, 3.8) is 0 Å². The minimum atomic E-state index is -0.189. The lowest BCUT2D eigenvalue weighted by molar-refractivity contribution is -0.0761. The van der Waals surface area contributed by atoms with E-state index in [2.05, 4.69) is 16.5 Å². The van der Waals surface area contributed by atoms with Crippen molar-refractivity contribution in [2.45, 2.75) is 18.5 Å². The van der Waals surface area contributed by atoms with Crippen molar-refractivity contribution in [2.75, 3.05) is 13.2 Å². The standard InChI is InChI=1S/C22H20N2O4/c25-18-6-3-5-15(8-18)21-10-17(24-28-21)11-22(13-26-14-22)23-12-19-9-16-4-1-2-7-20(16)27-19/h1-10,23,25H,11-14H2. The number of rotatable bonds is 6. The highest BCUT2D eigenvalue weighted by Crippen LogP contribution is 2.28. The van der Waals surface area contributed by atoms with Crippen molar-refractivity contribution in [1.29, 1.82) is 0 Å². The van der Waals surface area contributed by atoms with Gasteiger partial charge in [-0.25, -0.2) is 0 Å². The predicted molar refractivity (Wildman–Crippen MR) is 104 cm³/mol. The van der Waals surface area contributed by atoms with Crippen LogP contribution in [0.25, 0.3) is 22.3 Å². The number of fused-ring (bicyclic) bond motifs is 1. The number of phenols is 1. The van der Waals surface area contributed by atoms with Crippen LogP contribution < -0.4 is 5.32 Å². The summed E-state index contributed by atoms with van der Waals surface area (Å²) in [5, 5.41) is 18.5. The fourth-order valence-electron chi connectivity index (χ4n) is 3.55. The fraction of sp³-hybridized carbons (Fsp3) is 0.227. The summed E-state index contributed by atoms with van der Waals surface area (Å²) >= 11 is 0. The van der Waals surface area contributed by atoms with Crippen LogP contribution in [0.15, 0.2) is 69.6 Å². The van der Waals surface area contributed by atoms with E-state index in [1.54, 1.807) is 18.2 Å². The highest BCUT2D eigenvalue weighted by atomic mass is 16.5. The summed E-state index contributed by atoms with van der Waals surface area (Å²) in [4.78, 5) is 0. The maximum atomic E-state index is 9.65. The van der Waals surface area contributed by atoms with Crippen LogP contribution in [0, 0.1) is 0 Å². The number of furan rings is 1. The van der Waals surface area contributed by atoms with Gasteiger partial charge in [0.25, 0.3) is 0 Å². The molecule has 2 N–H and O–H groups in total. The smallest absolute Gasteiger partial charge is 0.167 e. The molecule has 6 heteroatoms. The van der Waals surface area contributed by atoms with E-state index < -0.39 is 0 Å². The molecule has 2 aromatic heterocycles. The number of hydrogen-bond acceptors (Lipinski definition) is 6. The maximum Gasteiger partial charge on any atom is 0.167 e. The minimum absolute atomic E-state index is 0.189. The number of nitrogens with zero attached hydrogens (tertiary/aromatic N) is 1.